The second-order valence-corrected chi connectivity index (χ2v) is 6.24. The molecule has 0 spiro atoms. The fourth-order valence-electron chi connectivity index (χ4n) is 2.54. The third-order valence-corrected chi connectivity index (χ3v) is 4.49. The van der Waals surface area contributed by atoms with Gasteiger partial charge in [0.1, 0.15) is 11.6 Å². The Bertz CT molecular complexity index is 654. The van der Waals surface area contributed by atoms with Crippen LogP contribution in [-0.2, 0) is 0 Å². The number of amides is 2. The highest BCUT2D eigenvalue weighted by Gasteiger charge is 2.23. The van der Waals surface area contributed by atoms with Gasteiger partial charge in [0.2, 0.25) is 0 Å². The zero-order valence-corrected chi connectivity index (χ0v) is 14.1. The van der Waals surface area contributed by atoms with Crippen LogP contribution in [0, 0.1) is 6.92 Å². The average molecular weight is 332 g/mol. The Morgan fingerprint density at radius 2 is 2.09 bits per heavy atom. The van der Waals surface area contributed by atoms with E-state index in [0.29, 0.717) is 13.1 Å². The molecular formula is C15H20N6OS. The average Bonchev–Trinajstić information content (AvgIpc) is 3.09. The number of aromatic nitrogens is 3. The zero-order chi connectivity index (χ0) is 16.2. The van der Waals surface area contributed by atoms with Crippen molar-refractivity contribution < 1.29 is 4.79 Å². The predicted octanol–water partition coefficient (Wildman–Crippen LogP) is 1.83. The number of nitrogens with zero attached hydrogens (tertiary/aromatic N) is 5. The second kappa shape index (κ2) is 6.91. The highest BCUT2D eigenvalue weighted by atomic mass is 32.1. The van der Waals surface area contributed by atoms with Gasteiger partial charge >= 0.3 is 6.03 Å². The molecule has 1 fully saturated rings. The van der Waals surface area contributed by atoms with Crippen molar-refractivity contribution in [3.63, 3.8) is 0 Å². The number of carbonyl (C=O) groups excluding carboxylic acids is 1. The standard InChI is InChI=1S/C15H20N6OS/c1-11(13-9-23-10-17-13)18-15(22)21-7-5-20(6-8-21)14-3-4-16-12(2)19-14/h3-4,9-11H,5-8H2,1-2H3,(H,18,22). The largest absolute Gasteiger partial charge is 0.353 e. The Balaban J connectivity index is 1.53. The van der Waals surface area contributed by atoms with Crippen molar-refractivity contribution in [3.8, 4) is 0 Å². The molecule has 3 rings (SSSR count). The van der Waals surface area contributed by atoms with Crippen LogP contribution in [0.1, 0.15) is 24.5 Å². The van der Waals surface area contributed by atoms with Crippen LogP contribution in [0.2, 0.25) is 0 Å². The summed E-state index contributed by atoms with van der Waals surface area (Å²) in [5.41, 5.74) is 2.68. The van der Waals surface area contributed by atoms with Crippen molar-refractivity contribution in [3.05, 3.63) is 34.7 Å². The molecule has 1 unspecified atom stereocenters. The Kier molecular flexibility index (Phi) is 4.71. The number of piperazine rings is 1. The van der Waals surface area contributed by atoms with Gasteiger partial charge in [-0.2, -0.15) is 0 Å². The summed E-state index contributed by atoms with van der Waals surface area (Å²) in [6, 6.07) is 1.80. The van der Waals surface area contributed by atoms with E-state index in [9.17, 15) is 4.79 Å². The van der Waals surface area contributed by atoms with E-state index in [1.165, 1.54) is 11.3 Å². The number of rotatable bonds is 3. The first-order chi connectivity index (χ1) is 11.1. The Hall–Kier alpha value is -2.22. The molecule has 2 aromatic rings. The van der Waals surface area contributed by atoms with Gasteiger partial charge in [-0.15, -0.1) is 11.3 Å². The van der Waals surface area contributed by atoms with Gasteiger partial charge in [-0.1, -0.05) is 0 Å². The molecule has 0 radical (unpaired) electrons. The Morgan fingerprint density at radius 3 is 2.74 bits per heavy atom. The van der Waals surface area contributed by atoms with Crippen molar-refractivity contribution in [2.75, 3.05) is 31.1 Å². The quantitative estimate of drug-likeness (QED) is 0.928. The lowest BCUT2D eigenvalue weighted by Crippen LogP contribution is -2.52. The molecule has 122 valence electrons. The molecule has 8 heteroatoms. The lowest BCUT2D eigenvalue weighted by Gasteiger charge is -2.35. The maximum absolute atomic E-state index is 12.3. The highest BCUT2D eigenvalue weighted by molar-refractivity contribution is 7.07. The molecule has 3 heterocycles. The van der Waals surface area contributed by atoms with E-state index in [1.807, 2.05) is 30.2 Å². The molecule has 23 heavy (non-hydrogen) atoms. The minimum atomic E-state index is -0.0729. The van der Waals surface area contributed by atoms with Gasteiger partial charge in [-0.25, -0.2) is 19.7 Å². The third kappa shape index (κ3) is 3.76. The summed E-state index contributed by atoms with van der Waals surface area (Å²) in [4.78, 5) is 29.2. The van der Waals surface area contributed by atoms with E-state index in [1.54, 1.807) is 11.7 Å². The molecule has 0 bridgehead atoms. The highest BCUT2D eigenvalue weighted by Crippen LogP contribution is 2.15. The molecule has 0 saturated carbocycles. The molecule has 1 aliphatic heterocycles. The normalized spacial score (nSPS) is 16.3. The molecule has 0 aromatic carbocycles. The van der Waals surface area contributed by atoms with Crippen molar-refractivity contribution >= 4 is 23.2 Å². The first-order valence-corrected chi connectivity index (χ1v) is 8.56. The van der Waals surface area contributed by atoms with Gasteiger partial charge in [0.05, 0.1) is 17.2 Å². The summed E-state index contributed by atoms with van der Waals surface area (Å²) in [5.74, 6) is 1.69. The van der Waals surface area contributed by atoms with E-state index in [0.717, 1.165) is 30.4 Å². The minimum absolute atomic E-state index is 0.0379. The SMILES string of the molecule is Cc1nccc(N2CCN(C(=O)NC(C)c3cscn3)CC2)n1. The molecule has 7 nitrogen and oxygen atoms in total. The second-order valence-electron chi connectivity index (χ2n) is 5.52. The van der Waals surface area contributed by atoms with E-state index >= 15 is 0 Å². The van der Waals surface area contributed by atoms with Gasteiger partial charge in [-0.3, -0.25) is 0 Å². The summed E-state index contributed by atoms with van der Waals surface area (Å²) in [5, 5.41) is 4.96. The van der Waals surface area contributed by atoms with Crippen LogP contribution in [0.15, 0.2) is 23.2 Å². The molecule has 1 N–H and O–H groups in total. The fraction of sp³-hybridized carbons (Fsp3) is 0.467. The lowest BCUT2D eigenvalue weighted by atomic mass is 10.2. The van der Waals surface area contributed by atoms with Crippen LogP contribution in [0.5, 0.6) is 0 Å². The summed E-state index contributed by atoms with van der Waals surface area (Å²) in [7, 11) is 0. The Morgan fingerprint density at radius 1 is 1.30 bits per heavy atom. The maximum Gasteiger partial charge on any atom is 0.318 e. The summed E-state index contributed by atoms with van der Waals surface area (Å²) < 4.78 is 0. The molecular weight excluding hydrogens is 312 g/mol. The smallest absolute Gasteiger partial charge is 0.318 e. The minimum Gasteiger partial charge on any atom is -0.353 e. The number of thiazole rings is 1. The van der Waals surface area contributed by atoms with Gasteiger partial charge in [0.15, 0.2) is 0 Å². The van der Waals surface area contributed by atoms with Crippen LogP contribution in [0.4, 0.5) is 10.6 Å². The topological polar surface area (TPSA) is 74.2 Å². The number of aryl methyl sites for hydroxylation is 1. The van der Waals surface area contributed by atoms with E-state index in [-0.39, 0.29) is 12.1 Å². The number of carbonyl (C=O) groups is 1. The van der Waals surface area contributed by atoms with Crippen LogP contribution in [0.25, 0.3) is 0 Å². The number of urea groups is 1. The monoisotopic (exact) mass is 332 g/mol. The molecule has 0 aliphatic carbocycles. The van der Waals surface area contributed by atoms with Gasteiger partial charge in [-0.05, 0) is 19.9 Å². The molecule has 1 atom stereocenters. The van der Waals surface area contributed by atoms with Gasteiger partial charge in [0, 0.05) is 37.8 Å². The summed E-state index contributed by atoms with van der Waals surface area (Å²) in [6.07, 6.45) is 1.77. The van der Waals surface area contributed by atoms with Crippen LogP contribution < -0.4 is 10.2 Å². The van der Waals surface area contributed by atoms with Gasteiger partial charge < -0.3 is 15.1 Å². The van der Waals surface area contributed by atoms with Crippen LogP contribution in [-0.4, -0.2) is 52.1 Å². The molecule has 1 aliphatic rings. The van der Waals surface area contributed by atoms with E-state index < -0.39 is 0 Å². The first-order valence-electron chi connectivity index (χ1n) is 7.61. The molecule has 2 amide bonds. The van der Waals surface area contributed by atoms with E-state index in [4.69, 9.17) is 0 Å². The van der Waals surface area contributed by atoms with Crippen LogP contribution >= 0.6 is 11.3 Å². The lowest BCUT2D eigenvalue weighted by molar-refractivity contribution is 0.191. The summed E-state index contributed by atoms with van der Waals surface area (Å²) in [6.45, 7) is 6.74. The van der Waals surface area contributed by atoms with Gasteiger partial charge in [0.25, 0.3) is 0 Å². The van der Waals surface area contributed by atoms with Crippen molar-refractivity contribution in [1.82, 2.24) is 25.2 Å². The predicted molar refractivity (Wildman–Crippen MR) is 89.6 cm³/mol. The van der Waals surface area contributed by atoms with Crippen LogP contribution in [0.3, 0.4) is 0 Å². The summed E-state index contributed by atoms with van der Waals surface area (Å²) >= 11 is 1.53. The number of nitrogens with one attached hydrogen (secondary N) is 1. The molecule has 1 saturated heterocycles. The van der Waals surface area contributed by atoms with E-state index in [2.05, 4.69) is 25.2 Å². The first kappa shape index (κ1) is 15.7. The van der Waals surface area contributed by atoms with Crippen molar-refractivity contribution in [2.24, 2.45) is 0 Å². The fourth-order valence-corrected chi connectivity index (χ4v) is 3.19. The number of hydrogen-bond acceptors (Lipinski definition) is 6. The Labute approximate surface area is 139 Å². The van der Waals surface area contributed by atoms with Crippen molar-refractivity contribution in [1.29, 1.82) is 0 Å². The van der Waals surface area contributed by atoms with Crippen molar-refractivity contribution in [2.45, 2.75) is 19.9 Å². The number of anilines is 1. The maximum atomic E-state index is 12.3. The third-order valence-electron chi connectivity index (χ3n) is 3.89. The molecule has 2 aromatic heterocycles. The zero-order valence-electron chi connectivity index (χ0n) is 13.3. The number of hydrogen-bond donors (Lipinski definition) is 1.